The van der Waals surface area contributed by atoms with Crippen LogP contribution in [0.25, 0.3) is 21.7 Å². The fourth-order valence-corrected chi connectivity index (χ4v) is 7.63. The predicted octanol–water partition coefficient (Wildman–Crippen LogP) is 5.47. The Labute approximate surface area is 211 Å². The van der Waals surface area contributed by atoms with Crippen molar-refractivity contribution >= 4 is 37.5 Å². The fraction of sp³-hybridized carbons (Fsp3) is 0.345. The van der Waals surface area contributed by atoms with Crippen molar-refractivity contribution in [2.24, 2.45) is 7.05 Å². The zero-order chi connectivity index (χ0) is 25.4. The van der Waals surface area contributed by atoms with Crippen LogP contribution in [-0.4, -0.2) is 30.6 Å². The Morgan fingerprint density at radius 3 is 2.53 bits per heavy atom. The van der Waals surface area contributed by atoms with Crippen LogP contribution in [0.15, 0.2) is 64.4 Å². The number of hydrogen-bond donors (Lipinski definition) is 1. The summed E-state index contributed by atoms with van der Waals surface area (Å²) in [5.74, 6) is -0.611. The minimum atomic E-state index is -4.05. The van der Waals surface area contributed by atoms with Crippen LogP contribution in [0.4, 0.5) is 0 Å². The van der Waals surface area contributed by atoms with E-state index >= 15 is 0 Å². The molecule has 2 unspecified atom stereocenters. The van der Waals surface area contributed by atoms with Gasteiger partial charge in [-0.05, 0) is 62.8 Å². The number of carbonyl (C=O) groups is 1. The summed E-state index contributed by atoms with van der Waals surface area (Å²) in [4.78, 5) is 14.0. The summed E-state index contributed by atoms with van der Waals surface area (Å²) >= 11 is 0. The Kier molecular flexibility index (Phi) is 5.11. The lowest BCUT2D eigenvalue weighted by Crippen LogP contribution is -2.32. The molecule has 2 aliphatic heterocycles. The van der Waals surface area contributed by atoms with E-state index < -0.39 is 21.4 Å². The standard InChI is InChI=1S/C29H30N2O4S/c1-29(2,3)35-28(32)27-24(36(33,34)23-11-7-9-17-8-5-6-10-19(17)23)15-14-21-26(27)25-20-13-12-18(30-20)16-22(25)31(21)4/h5-11,14-15,18,20,30H,12-13,16H2,1-4H3. The van der Waals surface area contributed by atoms with E-state index in [9.17, 15) is 13.2 Å². The van der Waals surface area contributed by atoms with Gasteiger partial charge in [0.1, 0.15) is 5.60 Å². The van der Waals surface area contributed by atoms with E-state index in [1.54, 1.807) is 45.0 Å². The lowest BCUT2D eigenvalue weighted by Gasteiger charge is -2.24. The normalized spacial score (nSPS) is 19.6. The maximum absolute atomic E-state index is 14.3. The molecule has 0 aliphatic carbocycles. The van der Waals surface area contributed by atoms with Crippen molar-refractivity contribution in [3.63, 3.8) is 0 Å². The summed E-state index contributed by atoms with van der Waals surface area (Å²) in [6.45, 7) is 5.40. The highest BCUT2D eigenvalue weighted by molar-refractivity contribution is 7.91. The van der Waals surface area contributed by atoms with E-state index in [0.29, 0.717) is 16.8 Å². The number of aryl methyl sites for hydroxylation is 1. The molecule has 1 aromatic heterocycles. The molecule has 1 fully saturated rings. The molecule has 186 valence electrons. The van der Waals surface area contributed by atoms with Gasteiger partial charge in [-0.15, -0.1) is 0 Å². The Morgan fingerprint density at radius 1 is 1.00 bits per heavy atom. The van der Waals surface area contributed by atoms with Crippen LogP contribution in [0.2, 0.25) is 0 Å². The van der Waals surface area contributed by atoms with Crippen molar-refractivity contribution in [1.29, 1.82) is 0 Å². The van der Waals surface area contributed by atoms with Crippen molar-refractivity contribution < 1.29 is 17.9 Å². The van der Waals surface area contributed by atoms with E-state index in [1.165, 1.54) is 5.69 Å². The smallest absolute Gasteiger partial charge is 0.340 e. The molecule has 3 heterocycles. The zero-order valence-corrected chi connectivity index (χ0v) is 21.8. The third kappa shape index (κ3) is 3.48. The molecule has 0 saturated carbocycles. The number of nitrogens with one attached hydrogen (secondary N) is 1. The number of nitrogens with zero attached hydrogens (tertiary/aromatic N) is 1. The monoisotopic (exact) mass is 502 g/mol. The van der Waals surface area contributed by atoms with Gasteiger partial charge >= 0.3 is 5.97 Å². The van der Waals surface area contributed by atoms with Gasteiger partial charge in [0, 0.05) is 47.5 Å². The number of aromatic nitrogens is 1. The van der Waals surface area contributed by atoms with Gasteiger partial charge in [-0.2, -0.15) is 0 Å². The average Bonchev–Trinajstić information content (AvgIpc) is 3.35. The summed E-state index contributed by atoms with van der Waals surface area (Å²) in [7, 11) is -2.05. The number of esters is 1. The Balaban J connectivity index is 1.68. The lowest BCUT2D eigenvalue weighted by atomic mass is 9.96. The summed E-state index contributed by atoms with van der Waals surface area (Å²) in [6.07, 6.45) is 2.89. The molecule has 0 radical (unpaired) electrons. The van der Waals surface area contributed by atoms with E-state index in [1.807, 2.05) is 37.4 Å². The van der Waals surface area contributed by atoms with Gasteiger partial charge < -0.3 is 14.6 Å². The SMILES string of the molecule is Cn1c2c(c3c(C(=O)OC(C)(C)C)c(S(=O)(=O)c4cccc5ccccc45)ccc31)C1CCC(C2)N1. The fourth-order valence-electron chi connectivity index (χ4n) is 5.96. The molecule has 36 heavy (non-hydrogen) atoms. The van der Waals surface area contributed by atoms with Crippen LogP contribution < -0.4 is 5.32 Å². The van der Waals surface area contributed by atoms with Crippen LogP contribution in [0.3, 0.4) is 0 Å². The summed E-state index contributed by atoms with van der Waals surface area (Å²) < 4.78 is 36.5. The molecule has 0 amide bonds. The molecule has 7 heteroatoms. The molecular weight excluding hydrogens is 472 g/mol. The second kappa shape index (κ2) is 7.92. The molecule has 0 spiro atoms. The quantitative estimate of drug-likeness (QED) is 0.376. The topological polar surface area (TPSA) is 77.4 Å². The van der Waals surface area contributed by atoms with Gasteiger partial charge in [0.05, 0.1) is 15.4 Å². The summed E-state index contributed by atoms with van der Waals surface area (Å²) in [5.41, 5.74) is 2.43. The van der Waals surface area contributed by atoms with Crippen molar-refractivity contribution in [2.75, 3.05) is 0 Å². The molecule has 2 atom stereocenters. The third-order valence-electron chi connectivity index (χ3n) is 7.45. The second-order valence-corrected chi connectivity index (χ2v) is 12.8. The van der Waals surface area contributed by atoms with E-state index in [-0.39, 0.29) is 21.4 Å². The van der Waals surface area contributed by atoms with Crippen molar-refractivity contribution in [2.45, 2.75) is 67.5 Å². The van der Waals surface area contributed by atoms with E-state index in [0.717, 1.165) is 35.7 Å². The number of benzene rings is 3. The van der Waals surface area contributed by atoms with Crippen LogP contribution in [0.5, 0.6) is 0 Å². The first-order chi connectivity index (χ1) is 17.1. The summed E-state index contributed by atoms with van der Waals surface area (Å²) in [6, 6.07) is 16.6. The van der Waals surface area contributed by atoms with Crippen LogP contribution in [0, 0.1) is 0 Å². The van der Waals surface area contributed by atoms with Gasteiger partial charge in [0.15, 0.2) is 0 Å². The lowest BCUT2D eigenvalue weighted by molar-refractivity contribution is 0.00675. The number of sulfone groups is 1. The number of rotatable bonds is 3. The molecular formula is C29H30N2O4S. The highest BCUT2D eigenvalue weighted by Crippen LogP contribution is 2.45. The Bertz CT molecular complexity index is 1660. The third-order valence-corrected chi connectivity index (χ3v) is 9.31. The van der Waals surface area contributed by atoms with Gasteiger partial charge in [-0.3, -0.25) is 0 Å². The van der Waals surface area contributed by atoms with Crippen LogP contribution in [-0.2, 0) is 28.0 Å². The molecule has 1 N–H and O–H groups in total. The number of ether oxygens (including phenoxy) is 1. The zero-order valence-electron chi connectivity index (χ0n) is 21.0. The predicted molar refractivity (Wildman–Crippen MR) is 140 cm³/mol. The first-order valence-corrected chi connectivity index (χ1v) is 13.9. The number of carbonyl (C=O) groups excluding carboxylic acids is 1. The molecule has 6 nitrogen and oxygen atoms in total. The highest BCUT2D eigenvalue weighted by Gasteiger charge is 2.39. The Hall–Kier alpha value is -3.16. The largest absolute Gasteiger partial charge is 0.456 e. The second-order valence-electron chi connectivity index (χ2n) is 10.9. The number of hydrogen-bond acceptors (Lipinski definition) is 5. The van der Waals surface area contributed by atoms with E-state index in [4.69, 9.17) is 4.74 Å². The minimum absolute atomic E-state index is 0.00544. The molecule has 4 aromatic rings. The average molecular weight is 503 g/mol. The van der Waals surface area contributed by atoms with Gasteiger partial charge in [-0.25, -0.2) is 13.2 Å². The van der Waals surface area contributed by atoms with Crippen LogP contribution >= 0.6 is 0 Å². The van der Waals surface area contributed by atoms with Crippen molar-refractivity contribution in [3.05, 3.63) is 71.4 Å². The molecule has 2 bridgehead atoms. The van der Waals surface area contributed by atoms with Gasteiger partial charge in [-0.1, -0.05) is 36.4 Å². The molecule has 3 aromatic carbocycles. The highest BCUT2D eigenvalue weighted by atomic mass is 32.2. The van der Waals surface area contributed by atoms with E-state index in [2.05, 4.69) is 9.88 Å². The Morgan fingerprint density at radius 2 is 1.75 bits per heavy atom. The maximum atomic E-state index is 14.3. The van der Waals surface area contributed by atoms with Crippen LogP contribution in [0.1, 0.15) is 61.3 Å². The van der Waals surface area contributed by atoms with Crippen molar-refractivity contribution in [3.8, 4) is 0 Å². The maximum Gasteiger partial charge on any atom is 0.340 e. The van der Waals surface area contributed by atoms with Gasteiger partial charge in [0.25, 0.3) is 0 Å². The summed E-state index contributed by atoms with van der Waals surface area (Å²) in [5, 5.41) is 5.82. The van der Waals surface area contributed by atoms with Crippen molar-refractivity contribution in [1.82, 2.24) is 9.88 Å². The first kappa shape index (κ1) is 23.3. The molecule has 6 rings (SSSR count). The first-order valence-electron chi connectivity index (χ1n) is 12.4. The molecule has 1 saturated heterocycles. The number of fused-ring (bicyclic) bond motifs is 7. The van der Waals surface area contributed by atoms with Gasteiger partial charge in [0.2, 0.25) is 9.84 Å². The molecule has 2 aliphatic rings. The minimum Gasteiger partial charge on any atom is -0.456 e.